The number of aromatic nitrogens is 1. The number of pyridine rings is 1. The van der Waals surface area contributed by atoms with Crippen molar-refractivity contribution >= 4 is 34.8 Å². The standard InChI is InChI=1S/C21H15ClN2O2/c1-26-20-7-4-13(9-16(20)14-3-2-8-23-12-14)10-18-17-11-15(22)5-6-19(17)24-21(18)25/h2-12H,1H3,(H,24,25). The molecule has 128 valence electrons. The predicted molar refractivity (Wildman–Crippen MR) is 104 cm³/mol. The molecule has 0 saturated carbocycles. The third kappa shape index (κ3) is 2.95. The van der Waals surface area contributed by atoms with Gasteiger partial charge in [0, 0.05) is 45.4 Å². The molecule has 0 aliphatic carbocycles. The number of halogens is 1. The van der Waals surface area contributed by atoms with Gasteiger partial charge in [0.1, 0.15) is 5.75 Å². The molecule has 0 atom stereocenters. The average molecular weight is 363 g/mol. The minimum atomic E-state index is -0.138. The summed E-state index contributed by atoms with van der Waals surface area (Å²) < 4.78 is 5.47. The van der Waals surface area contributed by atoms with Crippen molar-refractivity contribution in [2.24, 2.45) is 0 Å². The molecule has 0 fully saturated rings. The molecule has 0 unspecified atom stereocenters. The van der Waals surface area contributed by atoms with Crippen LogP contribution in [0.1, 0.15) is 11.1 Å². The highest BCUT2D eigenvalue weighted by atomic mass is 35.5. The first-order valence-electron chi connectivity index (χ1n) is 8.07. The number of amides is 1. The number of fused-ring (bicyclic) bond motifs is 1. The predicted octanol–water partition coefficient (Wildman–Crippen LogP) is 4.90. The number of carbonyl (C=O) groups is 1. The van der Waals surface area contributed by atoms with Crippen LogP contribution in [-0.2, 0) is 4.79 Å². The number of hydrogen-bond acceptors (Lipinski definition) is 3. The second-order valence-electron chi connectivity index (χ2n) is 5.90. The summed E-state index contributed by atoms with van der Waals surface area (Å²) in [5.41, 5.74) is 4.92. The molecule has 1 aromatic heterocycles. The fraction of sp³-hybridized carbons (Fsp3) is 0.0476. The van der Waals surface area contributed by atoms with E-state index in [4.69, 9.17) is 16.3 Å². The molecule has 0 radical (unpaired) electrons. The number of nitrogens with one attached hydrogen (secondary N) is 1. The summed E-state index contributed by atoms with van der Waals surface area (Å²) >= 11 is 6.09. The van der Waals surface area contributed by atoms with Crippen molar-refractivity contribution in [2.45, 2.75) is 0 Å². The van der Waals surface area contributed by atoms with Gasteiger partial charge in [0.2, 0.25) is 0 Å². The van der Waals surface area contributed by atoms with Crippen LogP contribution < -0.4 is 10.1 Å². The molecule has 0 saturated heterocycles. The van der Waals surface area contributed by atoms with Crippen LogP contribution in [0.15, 0.2) is 60.9 Å². The van der Waals surface area contributed by atoms with Crippen molar-refractivity contribution in [2.75, 3.05) is 12.4 Å². The molecule has 1 aliphatic heterocycles. The molecule has 1 aliphatic rings. The highest BCUT2D eigenvalue weighted by molar-refractivity contribution is 6.36. The number of methoxy groups -OCH3 is 1. The van der Waals surface area contributed by atoms with Gasteiger partial charge in [-0.15, -0.1) is 0 Å². The van der Waals surface area contributed by atoms with Crippen molar-refractivity contribution < 1.29 is 9.53 Å². The summed E-state index contributed by atoms with van der Waals surface area (Å²) in [6.07, 6.45) is 5.37. The molecule has 3 aromatic rings. The Morgan fingerprint density at radius 2 is 2.00 bits per heavy atom. The van der Waals surface area contributed by atoms with Gasteiger partial charge in [0.15, 0.2) is 0 Å². The maximum Gasteiger partial charge on any atom is 0.256 e. The minimum absolute atomic E-state index is 0.138. The molecule has 4 nitrogen and oxygen atoms in total. The first-order valence-corrected chi connectivity index (χ1v) is 8.45. The van der Waals surface area contributed by atoms with Gasteiger partial charge in [-0.05, 0) is 48.0 Å². The van der Waals surface area contributed by atoms with Crippen LogP contribution in [-0.4, -0.2) is 18.0 Å². The third-order valence-electron chi connectivity index (χ3n) is 4.27. The number of nitrogens with zero attached hydrogens (tertiary/aromatic N) is 1. The Hall–Kier alpha value is -3.11. The zero-order valence-electron chi connectivity index (χ0n) is 14.0. The van der Waals surface area contributed by atoms with E-state index in [1.807, 2.05) is 42.5 Å². The summed E-state index contributed by atoms with van der Waals surface area (Å²) in [7, 11) is 1.63. The van der Waals surface area contributed by atoms with E-state index in [1.54, 1.807) is 31.6 Å². The first-order chi connectivity index (χ1) is 12.7. The smallest absolute Gasteiger partial charge is 0.256 e. The maximum atomic E-state index is 12.4. The van der Waals surface area contributed by atoms with E-state index in [0.717, 1.165) is 33.7 Å². The highest BCUT2D eigenvalue weighted by Gasteiger charge is 2.24. The Balaban J connectivity index is 1.82. The Kier molecular flexibility index (Phi) is 4.19. The molecule has 26 heavy (non-hydrogen) atoms. The van der Waals surface area contributed by atoms with Gasteiger partial charge < -0.3 is 10.1 Å². The normalized spacial score (nSPS) is 14.2. The first kappa shape index (κ1) is 16.4. The third-order valence-corrected chi connectivity index (χ3v) is 4.51. The molecule has 0 bridgehead atoms. The van der Waals surface area contributed by atoms with Gasteiger partial charge in [-0.1, -0.05) is 23.7 Å². The zero-order chi connectivity index (χ0) is 18.1. The van der Waals surface area contributed by atoms with Crippen LogP contribution in [0.4, 0.5) is 5.69 Å². The number of carbonyl (C=O) groups excluding carboxylic acids is 1. The second-order valence-corrected chi connectivity index (χ2v) is 6.34. The molecule has 4 rings (SSSR count). The van der Waals surface area contributed by atoms with Crippen LogP contribution in [0.25, 0.3) is 22.8 Å². The number of ether oxygens (including phenoxy) is 1. The Morgan fingerprint density at radius 1 is 1.12 bits per heavy atom. The number of hydrogen-bond donors (Lipinski definition) is 1. The van der Waals surface area contributed by atoms with Crippen molar-refractivity contribution in [3.63, 3.8) is 0 Å². The number of rotatable bonds is 3. The van der Waals surface area contributed by atoms with E-state index in [0.29, 0.717) is 10.6 Å². The lowest BCUT2D eigenvalue weighted by atomic mass is 10.00. The minimum Gasteiger partial charge on any atom is -0.496 e. The summed E-state index contributed by atoms with van der Waals surface area (Å²) in [5.74, 6) is 0.612. The largest absolute Gasteiger partial charge is 0.496 e. The highest BCUT2D eigenvalue weighted by Crippen LogP contribution is 2.36. The fourth-order valence-corrected chi connectivity index (χ4v) is 3.21. The van der Waals surface area contributed by atoms with Crippen molar-refractivity contribution in [1.29, 1.82) is 0 Å². The monoisotopic (exact) mass is 362 g/mol. The van der Waals surface area contributed by atoms with E-state index in [9.17, 15) is 4.79 Å². The van der Waals surface area contributed by atoms with E-state index in [-0.39, 0.29) is 5.91 Å². The topological polar surface area (TPSA) is 51.2 Å². The SMILES string of the molecule is COc1ccc(C=C2C(=O)Nc3ccc(Cl)cc32)cc1-c1cccnc1. The van der Waals surface area contributed by atoms with E-state index < -0.39 is 0 Å². The fourth-order valence-electron chi connectivity index (χ4n) is 3.03. The van der Waals surface area contributed by atoms with E-state index >= 15 is 0 Å². The average Bonchev–Trinajstić information content (AvgIpc) is 2.97. The van der Waals surface area contributed by atoms with Gasteiger partial charge in [0.05, 0.1) is 7.11 Å². The van der Waals surface area contributed by atoms with Crippen LogP contribution in [0.3, 0.4) is 0 Å². The summed E-state index contributed by atoms with van der Waals surface area (Å²) in [5, 5.41) is 3.46. The Morgan fingerprint density at radius 3 is 2.77 bits per heavy atom. The van der Waals surface area contributed by atoms with Crippen molar-refractivity contribution in [3.8, 4) is 16.9 Å². The number of benzene rings is 2. The van der Waals surface area contributed by atoms with E-state index in [2.05, 4.69) is 10.3 Å². The van der Waals surface area contributed by atoms with E-state index in [1.165, 1.54) is 0 Å². The van der Waals surface area contributed by atoms with Crippen LogP contribution in [0.2, 0.25) is 5.02 Å². The molecule has 1 N–H and O–H groups in total. The summed E-state index contributed by atoms with van der Waals surface area (Å²) in [4.78, 5) is 16.5. The Bertz CT molecular complexity index is 1030. The van der Waals surface area contributed by atoms with Crippen molar-refractivity contribution in [1.82, 2.24) is 4.98 Å². The zero-order valence-corrected chi connectivity index (χ0v) is 14.7. The van der Waals surface area contributed by atoms with Gasteiger partial charge in [-0.25, -0.2) is 0 Å². The van der Waals surface area contributed by atoms with Gasteiger partial charge in [0.25, 0.3) is 5.91 Å². The van der Waals surface area contributed by atoms with Crippen LogP contribution in [0, 0.1) is 0 Å². The molecule has 1 amide bonds. The van der Waals surface area contributed by atoms with Crippen molar-refractivity contribution in [3.05, 3.63) is 77.1 Å². The molecule has 2 aromatic carbocycles. The molecule has 0 spiro atoms. The van der Waals surface area contributed by atoms with Gasteiger partial charge >= 0.3 is 0 Å². The van der Waals surface area contributed by atoms with Gasteiger partial charge in [-0.3, -0.25) is 9.78 Å². The van der Waals surface area contributed by atoms with Crippen LogP contribution >= 0.6 is 11.6 Å². The summed E-state index contributed by atoms with van der Waals surface area (Å²) in [6, 6.07) is 15.0. The molecule has 5 heteroatoms. The molecular weight excluding hydrogens is 348 g/mol. The Labute approximate surface area is 156 Å². The quantitative estimate of drug-likeness (QED) is 0.674. The van der Waals surface area contributed by atoms with Gasteiger partial charge in [-0.2, -0.15) is 0 Å². The maximum absolute atomic E-state index is 12.4. The second kappa shape index (κ2) is 6.65. The molecule has 2 heterocycles. The summed E-state index contributed by atoms with van der Waals surface area (Å²) in [6.45, 7) is 0. The number of anilines is 1. The molecular formula is C21H15ClN2O2. The lowest BCUT2D eigenvalue weighted by Gasteiger charge is -2.10. The van der Waals surface area contributed by atoms with Crippen LogP contribution in [0.5, 0.6) is 5.75 Å². The lowest BCUT2D eigenvalue weighted by Crippen LogP contribution is -2.03. The lowest BCUT2D eigenvalue weighted by molar-refractivity contribution is -0.110.